The third kappa shape index (κ3) is 4.85. The van der Waals surface area contributed by atoms with Crippen molar-refractivity contribution in [2.24, 2.45) is 0 Å². The Balaban J connectivity index is 1.61. The number of hydrogen-bond acceptors (Lipinski definition) is 3. The summed E-state index contributed by atoms with van der Waals surface area (Å²) in [6.45, 7) is 1.91. The van der Waals surface area contributed by atoms with Crippen LogP contribution in [-0.4, -0.2) is 14.2 Å². The molecule has 1 N–H and O–H groups in total. The van der Waals surface area contributed by atoms with E-state index in [4.69, 9.17) is 0 Å². The zero-order valence-corrected chi connectivity index (χ0v) is 22.7. The van der Waals surface area contributed by atoms with Crippen molar-refractivity contribution in [1.82, 2.24) is 4.72 Å². The summed E-state index contributed by atoms with van der Waals surface area (Å²) in [5, 5.41) is 0. The van der Waals surface area contributed by atoms with Crippen molar-refractivity contribution in [2.45, 2.75) is 29.7 Å². The van der Waals surface area contributed by atoms with Crippen LogP contribution in [0.25, 0.3) is 0 Å². The SMILES string of the molecule is Cc1ccc(S(=O)(=O)N[C@H](C2=CCC(c3ccccc3)(c3ccccc3)C2=O)c2ccc(Br)cc2)cc1. The van der Waals surface area contributed by atoms with Gasteiger partial charge in [0.1, 0.15) is 0 Å². The summed E-state index contributed by atoms with van der Waals surface area (Å²) in [4.78, 5) is 14.6. The number of carbonyl (C=O) groups excluding carboxylic acids is 1. The minimum atomic E-state index is -3.92. The molecule has 0 radical (unpaired) electrons. The number of rotatable bonds is 7. The molecule has 5 rings (SSSR count). The van der Waals surface area contributed by atoms with Crippen molar-refractivity contribution < 1.29 is 13.2 Å². The van der Waals surface area contributed by atoms with Crippen LogP contribution in [0.3, 0.4) is 0 Å². The highest BCUT2D eigenvalue weighted by Gasteiger charge is 2.48. The average molecular weight is 573 g/mol. The Labute approximate surface area is 226 Å². The van der Waals surface area contributed by atoms with Gasteiger partial charge in [-0.15, -0.1) is 0 Å². The largest absolute Gasteiger partial charge is 0.293 e. The van der Waals surface area contributed by atoms with Crippen molar-refractivity contribution in [3.8, 4) is 0 Å². The van der Waals surface area contributed by atoms with Gasteiger partial charge in [0.2, 0.25) is 10.0 Å². The quantitative estimate of drug-likeness (QED) is 0.269. The Hall–Kier alpha value is -3.32. The van der Waals surface area contributed by atoms with Crippen LogP contribution in [0, 0.1) is 6.92 Å². The van der Waals surface area contributed by atoms with Gasteiger partial charge in [0, 0.05) is 10.0 Å². The number of sulfonamides is 1. The normalized spacial score (nSPS) is 15.8. The van der Waals surface area contributed by atoms with Crippen LogP contribution in [0.5, 0.6) is 0 Å². The molecule has 0 aromatic heterocycles. The second-order valence-electron chi connectivity index (χ2n) is 9.25. The van der Waals surface area contributed by atoms with E-state index in [1.54, 1.807) is 24.3 Å². The van der Waals surface area contributed by atoms with E-state index >= 15 is 0 Å². The Morgan fingerprint density at radius 3 is 1.86 bits per heavy atom. The van der Waals surface area contributed by atoms with E-state index in [1.165, 1.54) is 0 Å². The van der Waals surface area contributed by atoms with Crippen LogP contribution in [-0.2, 0) is 20.2 Å². The van der Waals surface area contributed by atoms with Gasteiger partial charge in [0.25, 0.3) is 0 Å². The first-order valence-corrected chi connectivity index (χ1v) is 14.3. The van der Waals surface area contributed by atoms with Crippen LogP contribution in [0.1, 0.15) is 34.7 Å². The number of carbonyl (C=O) groups is 1. The van der Waals surface area contributed by atoms with E-state index in [-0.39, 0.29) is 10.7 Å². The number of nitrogens with one attached hydrogen (secondary N) is 1. The third-order valence-corrected chi connectivity index (χ3v) is 8.90. The van der Waals surface area contributed by atoms with Gasteiger partial charge in [-0.3, -0.25) is 4.79 Å². The van der Waals surface area contributed by atoms with Crippen molar-refractivity contribution in [3.05, 3.63) is 148 Å². The molecule has 0 amide bonds. The Morgan fingerprint density at radius 1 is 0.784 bits per heavy atom. The van der Waals surface area contributed by atoms with Gasteiger partial charge in [-0.05, 0) is 54.3 Å². The van der Waals surface area contributed by atoms with Gasteiger partial charge in [0.15, 0.2) is 5.78 Å². The number of Topliss-reactive ketones (excluding diaryl/α,β-unsaturated/α-hetero) is 1. The van der Waals surface area contributed by atoms with Gasteiger partial charge < -0.3 is 0 Å². The molecule has 0 heterocycles. The third-order valence-electron chi connectivity index (χ3n) is 6.93. The number of ketones is 1. The van der Waals surface area contributed by atoms with Crippen LogP contribution >= 0.6 is 15.9 Å². The second kappa shape index (κ2) is 10.2. The van der Waals surface area contributed by atoms with Crippen molar-refractivity contribution in [1.29, 1.82) is 0 Å². The molecule has 4 aromatic carbocycles. The lowest BCUT2D eigenvalue weighted by Crippen LogP contribution is -2.38. The zero-order chi connectivity index (χ0) is 26.0. The molecular formula is C31H26BrNO3S. The van der Waals surface area contributed by atoms with E-state index in [9.17, 15) is 13.2 Å². The van der Waals surface area contributed by atoms with Gasteiger partial charge >= 0.3 is 0 Å². The Kier molecular flexibility index (Phi) is 6.99. The molecular weight excluding hydrogens is 546 g/mol. The molecule has 0 unspecified atom stereocenters. The summed E-state index contributed by atoms with van der Waals surface area (Å²) in [5.74, 6) is -0.107. The minimum absolute atomic E-state index is 0.107. The summed E-state index contributed by atoms with van der Waals surface area (Å²) < 4.78 is 30.7. The predicted octanol–water partition coefficient (Wildman–Crippen LogP) is 6.66. The first kappa shape index (κ1) is 25.3. The summed E-state index contributed by atoms with van der Waals surface area (Å²) in [7, 11) is -3.92. The minimum Gasteiger partial charge on any atom is -0.293 e. The van der Waals surface area contributed by atoms with Gasteiger partial charge in [-0.1, -0.05) is 112 Å². The first-order valence-electron chi connectivity index (χ1n) is 12.0. The molecule has 0 saturated carbocycles. The Bertz CT molecular complexity index is 1510. The van der Waals surface area contributed by atoms with Gasteiger partial charge in [-0.25, -0.2) is 8.42 Å². The monoisotopic (exact) mass is 571 g/mol. The summed E-state index contributed by atoms with van der Waals surface area (Å²) in [6.07, 6.45) is 2.33. The van der Waals surface area contributed by atoms with E-state index in [2.05, 4.69) is 20.7 Å². The maximum Gasteiger partial charge on any atom is 0.241 e. The fourth-order valence-corrected chi connectivity index (χ4v) is 6.43. The number of benzene rings is 4. The van der Waals surface area contributed by atoms with Crippen molar-refractivity contribution >= 4 is 31.7 Å². The lowest BCUT2D eigenvalue weighted by molar-refractivity contribution is -0.119. The summed E-state index contributed by atoms with van der Waals surface area (Å²) >= 11 is 3.45. The number of hydrogen-bond donors (Lipinski definition) is 1. The Morgan fingerprint density at radius 2 is 1.32 bits per heavy atom. The predicted molar refractivity (Wildman–Crippen MR) is 150 cm³/mol. The lowest BCUT2D eigenvalue weighted by Gasteiger charge is -2.31. The first-order chi connectivity index (χ1) is 17.8. The maximum absolute atomic E-state index is 14.5. The number of halogens is 1. The molecule has 0 spiro atoms. The molecule has 0 fully saturated rings. The van der Waals surface area contributed by atoms with E-state index in [1.807, 2.05) is 97.9 Å². The van der Waals surface area contributed by atoms with Crippen LogP contribution in [0.4, 0.5) is 0 Å². The van der Waals surface area contributed by atoms with Crippen LogP contribution in [0.15, 0.2) is 130 Å². The summed E-state index contributed by atoms with van der Waals surface area (Å²) in [5.41, 5.74) is 2.93. The molecule has 4 aromatic rings. The van der Waals surface area contributed by atoms with Crippen molar-refractivity contribution in [2.75, 3.05) is 0 Å². The highest BCUT2D eigenvalue weighted by Crippen LogP contribution is 2.46. The highest BCUT2D eigenvalue weighted by molar-refractivity contribution is 9.10. The smallest absolute Gasteiger partial charge is 0.241 e. The maximum atomic E-state index is 14.5. The molecule has 0 aliphatic heterocycles. The second-order valence-corrected chi connectivity index (χ2v) is 11.9. The molecule has 1 atom stereocenters. The van der Waals surface area contributed by atoms with E-state index in [0.29, 0.717) is 17.6 Å². The molecule has 37 heavy (non-hydrogen) atoms. The molecule has 4 nitrogen and oxygen atoms in total. The molecule has 6 heteroatoms. The molecule has 0 bridgehead atoms. The fraction of sp³-hybridized carbons (Fsp3) is 0.129. The number of allylic oxidation sites excluding steroid dienone is 1. The summed E-state index contributed by atoms with van der Waals surface area (Å²) in [6, 6.07) is 32.7. The van der Waals surface area contributed by atoms with Gasteiger partial charge in [0.05, 0.1) is 16.4 Å². The topological polar surface area (TPSA) is 63.2 Å². The van der Waals surface area contributed by atoms with Gasteiger partial charge in [-0.2, -0.15) is 4.72 Å². The average Bonchev–Trinajstić information content (AvgIpc) is 3.26. The zero-order valence-electron chi connectivity index (χ0n) is 20.3. The van der Waals surface area contributed by atoms with Crippen LogP contribution < -0.4 is 4.72 Å². The lowest BCUT2D eigenvalue weighted by atomic mass is 9.70. The molecule has 1 aliphatic rings. The van der Waals surface area contributed by atoms with E-state index < -0.39 is 21.5 Å². The van der Waals surface area contributed by atoms with Crippen LogP contribution in [0.2, 0.25) is 0 Å². The molecule has 1 aliphatic carbocycles. The molecule has 0 saturated heterocycles. The number of aryl methyl sites for hydroxylation is 1. The fourth-order valence-electron chi connectivity index (χ4n) is 4.96. The van der Waals surface area contributed by atoms with E-state index in [0.717, 1.165) is 21.2 Å². The highest BCUT2D eigenvalue weighted by atomic mass is 79.9. The standard InChI is InChI=1S/C31H26BrNO3S/c1-22-12-18-27(19-13-22)37(35,36)33-29(23-14-16-26(32)17-15-23)28-20-21-31(30(28)34,24-8-4-2-5-9-24)25-10-6-3-7-11-25/h2-20,29,33H,21H2,1H3/t29-/m0/s1. The molecule has 186 valence electrons. The van der Waals surface area contributed by atoms with Crippen molar-refractivity contribution in [3.63, 3.8) is 0 Å².